The second-order valence-electron chi connectivity index (χ2n) is 5.81. The lowest BCUT2D eigenvalue weighted by Crippen LogP contribution is -2.29. The number of amides is 1. The van der Waals surface area contributed by atoms with E-state index in [4.69, 9.17) is 0 Å². The Morgan fingerprint density at radius 1 is 1.07 bits per heavy atom. The van der Waals surface area contributed by atoms with Crippen LogP contribution in [0, 0.1) is 5.82 Å². The Bertz CT molecular complexity index is 1030. The number of hydrogen-bond donors (Lipinski definition) is 1. The summed E-state index contributed by atoms with van der Waals surface area (Å²) in [6.07, 6.45) is 0. The highest BCUT2D eigenvalue weighted by atomic mass is 32.1. The zero-order valence-corrected chi connectivity index (χ0v) is 14.6. The fourth-order valence-electron chi connectivity index (χ4n) is 3.01. The topological polar surface area (TPSA) is 83.4 Å². The monoisotopic (exact) mass is 381 g/mol. The van der Waals surface area contributed by atoms with Gasteiger partial charge < -0.3 is 5.11 Å². The lowest BCUT2D eigenvalue weighted by atomic mass is 9.95. The van der Waals surface area contributed by atoms with Gasteiger partial charge in [0.15, 0.2) is 0 Å². The molecule has 4 rings (SSSR count). The Labute approximate surface area is 157 Å². The Balaban J connectivity index is 1.94. The fraction of sp³-hybridized carbons (Fsp3) is 0.0526. The van der Waals surface area contributed by atoms with Crippen molar-refractivity contribution in [3.63, 3.8) is 0 Å². The van der Waals surface area contributed by atoms with E-state index in [9.17, 15) is 19.1 Å². The Morgan fingerprint density at radius 3 is 2.41 bits per heavy atom. The van der Waals surface area contributed by atoms with Crippen LogP contribution < -0.4 is 4.90 Å². The first-order valence-corrected chi connectivity index (χ1v) is 8.84. The van der Waals surface area contributed by atoms with Crippen LogP contribution in [-0.4, -0.2) is 27.0 Å². The number of aliphatic hydroxyl groups is 1. The third kappa shape index (κ3) is 2.89. The van der Waals surface area contributed by atoms with Crippen molar-refractivity contribution in [2.45, 2.75) is 6.04 Å². The second kappa shape index (κ2) is 6.73. The molecule has 3 aromatic rings. The summed E-state index contributed by atoms with van der Waals surface area (Å²) in [5, 5.41) is 18.6. The van der Waals surface area contributed by atoms with Crippen molar-refractivity contribution in [1.29, 1.82) is 0 Å². The first-order valence-electron chi connectivity index (χ1n) is 7.96. The molecule has 2 aromatic carbocycles. The Hall–Kier alpha value is -3.39. The van der Waals surface area contributed by atoms with Gasteiger partial charge in [-0.05, 0) is 17.7 Å². The van der Waals surface area contributed by atoms with Gasteiger partial charge in [0, 0.05) is 5.56 Å². The lowest BCUT2D eigenvalue weighted by molar-refractivity contribution is -0.132. The van der Waals surface area contributed by atoms with E-state index in [0.29, 0.717) is 11.1 Å². The first kappa shape index (κ1) is 17.0. The number of benzene rings is 2. The zero-order chi connectivity index (χ0) is 19.0. The number of carbonyl (C=O) groups excluding carboxylic acids is 2. The highest BCUT2D eigenvalue weighted by Crippen LogP contribution is 2.42. The average Bonchev–Trinajstić information content (AvgIpc) is 3.30. The van der Waals surface area contributed by atoms with Gasteiger partial charge in [-0.1, -0.05) is 53.8 Å². The quantitative estimate of drug-likeness (QED) is 0.428. The molecule has 1 aliphatic heterocycles. The minimum atomic E-state index is -0.932. The van der Waals surface area contributed by atoms with Crippen LogP contribution >= 0.6 is 11.3 Å². The standard InChI is InChI=1S/C19H12FN3O3S/c20-13-8-6-11(7-9-13)15-14(16(24)12-4-2-1-3-5-12)17(25)18(26)23(15)19-22-21-10-27-19/h1-10,15,24H/b16-14+/t15-/m1/s1. The zero-order valence-electron chi connectivity index (χ0n) is 13.7. The molecule has 0 bridgehead atoms. The summed E-state index contributed by atoms with van der Waals surface area (Å²) >= 11 is 1.09. The molecule has 1 amide bonds. The highest BCUT2D eigenvalue weighted by molar-refractivity contribution is 7.13. The van der Waals surface area contributed by atoms with Crippen molar-refractivity contribution in [2.24, 2.45) is 0 Å². The molecular formula is C19H12FN3O3S. The summed E-state index contributed by atoms with van der Waals surface area (Å²) in [5.74, 6) is -2.40. The van der Waals surface area contributed by atoms with Gasteiger partial charge in [-0.3, -0.25) is 14.5 Å². The van der Waals surface area contributed by atoms with Crippen LogP contribution in [0.25, 0.3) is 5.76 Å². The smallest absolute Gasteiger partial charge is 0.301 e. The van der Waals surface area contributed by atoms with Crippen molar-refractivity contribution in [3.8, 4) is 0 Å². The normalized spacial score (nSPS) is 18.9. The molecule has 134 valence electrons. The molecule has 0 saturated carbocycles. The van der Waals surface area contributed by atoms with Gasteiger partial charge in [0.05, 0.1) is 11.6 Å². The van der Waals surface area contributed by atoms with E-state index in [2.05, 4.69) is 10.2 Å². The largest absolute Gasteiger partial charge is 0.507 e. The summed E-state index contributed by atoms with van der Waals surface area (Å²) < 4.78 is 13.4. The number of carbonyl (C=O) groups is 2. The van der Waals surface area contributed by atoms with E-state index in [0.717, 1.165) is 11.3 Å². The van der Waals surface area contributed by atoms with Crippen LogP contribution in [0.2, 0.25) is 0 Å². The molecule has 1 fully saturated rings. The molecule has 1 aliphatic rings. The molecule has 0 aliphatic carbocycles. The van der Waals surface area contributed by atoms with Gasteiger partial charge in [-0.15, -0.1) is 10.2 Å². The molecule has 1 atom stereocenters. The molecular weight excluding hydrogens is 369 g/mol. The first-order chi connectivity index (χ1) is 13.1. The van der Waals surface area contributed by atoms with Crippen molar-refractivity contribution >= 4 is 33.9 Å². The van der Waals surface area contributed by atoms with Crippen LogP contribution in [0.5, 0.6) is 0 Å². The van der Waals surface area contributed by atoms with Gasteiger partial charge in [-0.25, -0.2) is 4.39 Å². The molecule has 0 radical (unpaired) electrons. The number of rotatable bonds is 3. The van der Waals surface area contributed by atoms with Crippen LogP contribution in [0.1, 0.15) is 17.2 Å². The van der Waals surface area contributed by atoms with Crippen LogP contribution in [0.15, 0.2) is 65.7 Å². The summed E-state index contributed by atoms with van der Waals surface area (Å²) in [4.78, 5) is 26.6. The predicted molar refractivity (Wildman–Crippen MR) is 97.5 cm³/mol. The van der Waals surface area contributed by atoms with E-state index in [-0.39, 0.29) is 16.5 Å². The van der Waals surface area contributed by atoms with E-state index < -0.39 is 23.5 Å². The number of hydrogen-bond acceptors (Lipinski definition) is 6. The minimum absolute atomic E-state index is 0.0759. The third-order valence-corrected chi connectivity index (χ3v) is 4.92. The number of aliphatic hydroxyl groups excluding tert-OH is 1. The van der Waals surface area contributed by atoms with Crippen LogP contribution in [0.4, 0.5) is 9.52 Å². The van der Waals surface area contributed by atoms with Gasteiger partial charge in [-0.2, -0.15) is 0 Å². The number of Topliss-reactive ketones (excluding diaryl/α,β-unsaturated/α-hetero) is 1. The summed E-state index contributed by atoms with van der Waals surface area (Å²) in [7, 11) is 0. The minimum Gasteiger partial charge on any atom is -0.507 e. The van der Waals surface area contributed by atoms with Crippen molar-refractivity contribution in [2.75, 3.05) is 4.90 Å². The molecule has 0 unspecified atom stereocenters. The Kier molecular flexibility index (Phi) is 4.25. The molecule has 2 heterocycles. The maximum Gasteiger partial charge on any atom is 0.301 e. The molecule has 6 nitrogen and oxygen atoms in total. The van der Waals surface area contributed by atoms with Crippen LogP contribution in [0.3, 0.4) is 0 Å². The molecule has 8 heteroatoms. The van der Waals surface area contributed by atoms with Crippen molar-refractivity contribution in [3.05, 3.63) is 82.6 Å². The number of aromatic nitrogens is 2. The van der Waals surface area contributed by atoms with Crippen molar-refractivity contribution < 1.29 is 19.1 Å². The lowest BCUT2D eigenvalue weighted by Gasteiger charge is -2.22. The van der Waals surface area contributed by atoms with Crippen molar-refractivity contribution in [1.82, 2.24) is 10.2 Å². The molecule has 1 N–H and O–H groups in total. The molecule has 1 saturated heterocycles. The second-order valence-corrected chi connectivity index (χ2v) is 6.62. The fourth-order valence-corrected chi connectivity index (χ4v) is 3.60. The molecule has 1 aromatic heterocycles. The number of anilines is 1. The van der Waals surface area contributed by atoms with E-state index >= 15 is 0 Å². The molecule has 0 spiro atoms. The summed E-state index contributed by atoms with van der Waals surface area (Å²) in [6.45, 7) is 0. The van der Waals surface area contributed by atoms with Gasteiger partial charge in [0.25, 0.3) is 5.78 Å². The average molecular weight is 381 g/mol. The van der Waals surface area contributed by atoms with E-state index in [1.807, 2.05) is 0 Å². The van der Waals surface area contributed by atoms with E-state index in [1.54, 1.807) is 30.3 Å². The maximum atomic E-state index is 13.4. The van der Waals surface area contributed by atoms with Gasteiger partial charge >= 0.3 is 5.91 Å². The third-order valence-electron chi connectivity index (χ3n) is 4.23. The predicted octanol–water partition coefficient (Wildman–Crippen LogP) is 3.30. The maximum absolute atomic E-state index is 13.4. The van der Waals surface area contributed by atoms with Gasteiger partial charge in [0.1, 0.15) is 17.1 Å². The number of halogens is 1. The van der Waals surface area contributed by atoms with E-state index in [1.165, 1.54) is 34.7 Å². The number of ketones is 1. The highest BCUT2D eigenvalue weighted by Gasteiger charge is 2.48. The number of nitrogens with zero attached hydrogens (tertiary/aromatic N) is 3. The van der Waals surface area contributed by atoms with Crippen LogP contribution in [-0.2, 0) is 9.59 Å². The SMILES string of the molecule is O=C1C(=O)N(c2nncs2)[C@H](c2ccc(F)cc2)/C1=C(\O)c1ccccc1. The van der Waals surface area contributed by atoms with Gasteiger partial charge in [0.2, 0.25) is 5.13 Å². The Morgan fingerprint density at radius 2 is 1.78 bits per heavy atom. The summed E-state index contributed by atoms with van der Waals surface area (Å²) in [6, 6.07) is 12.9. The molecule has 27 heavy (non-hydrogen) atoms. The summed E-state index contributed by atoms with van der Waals surface area (Å²) in [5.41, 5.74) is 2.24.